The van der Waals surface area contributed by atoms with Crippen LogP contribution in [0.5, 0.6) is 5.75 Å². The van der Waals surface area contributed by atoms with E-state index in [0.717, 1.165) is 16.9 Å². The summed E-state index contributed by atoms with van der Waals surface area (Å²) >= 11 is 8.00. The van der Waals surface area contributed by atoms with Gasteiger partial charge in [-0.25, -0.2) is 0 Å². The maximum absolute atomic E-state index is 6.31. The molecule has 0 saturated heterocycles. The third-order valence-corrected chi connectivity index (χ3v) is 4.38. The predicted octanol–water partition coefficient (Wildman–Crippen LogP) is 5.20. The van der Waals surface area contributed by atoms with Crippen LogP contribution >= 0.6 is 23.4 Å². The lowest BCUT2D eigenvalue weighted by Gasteiger charge is -1.99. The molecule has 0 aliphatic rings. The van der Waals surface area contributed by atoms with Crippen LogP contribution in [-0.2, 0) is 0 Å². The van der Waals surface area contributed by atoms with Gasteiger partial charge in [-0.2, -0.15) is 4.98 Å². The molecule has 0 spiro atoms. The van der Waals surface area contributed by atoms with Crippen LogP contribution in [-0.4, -0.2) is 23.5 Å². The Morgan fingerprint density at radius 1 is 1.21 bits per heavy atom. The number of benzene rings is 2. The van der Waals surface area contributed by atoms with Crippen molar-refractivity contribution >= 4 is 34.5 Å². The Hall–Kier alpha value is -2.24. The van der Waals surface area contributed by atoms with Crippen molar-refractivity contribution in [3.8, 4) is 17.1 Å². The van der Waals surface area contributed by atoms with Gasteiger partial charge in [-0.05, 0) is 42.2 Å². The zero-order chi connectivity index (χ0) is 16.9. The fraction of sp³-hybridized carbons (Fsp3) is 0.111. The average molecular weight is 359 g/mol. The largest absolute Gasteiger partial charge is 0.497 e. The molecule has 0 fully saturated rings. The zero-order valence-electron chi connectivity index (χ0n) is 13.2. The van der Waals surface area contributed by atoms with E-state index in [9.17, 15) is 0 Å². The Labute approximate surface area is 149 Å². The van der Waals surface area contributed by atoms with Gasteiger partial charge in [0.2, 0.25) is 5.82 Å². The Morgan fingerprint density at radius 3 is 2.71 bits per heavy atom. The summed E-state index contributed by atoms with van der Waals surface area (Å²) in [5, 5.41) is 4.38. The highest BCUT2D eigenvalue weighted by Crippen LogP contribution is 2.26. The zero-order valence-corrected chi connectivity index (χ0v) is 14.8. The van der Waals surface area contributed by atoms with Crippen LogP contribution < -0.4 is 4.74 Å². The normalized spacial score (nSPS) is 11.5. The van der Waals surface area contributed by atoms with Crippen LogP contribution in [0.1, 0.15) is 11.5 Å². The summed E-state index contributed by atoms with van der Waals surface area (Å²) in [6, 6.07) is 15.5. The van der Waals surface area contributed by atoms with E-state index >= 15 is 0 Å². The molecule has 0 bridgehead atoms. The van der Waals surface area contributed by atoms with Gasteiger partial charge in [-0.1, -0.05) is 41.0 Å². The minimum Gasteiger partial charge on any atom is -0.497 e. The van der Waals surface area contributed by atoms with E-state index in [1.54, 1.807) is 24.9 Å². The molecule has 0 radical (unpaired) electrons. The van der Waals surface area contributed by atoms with Crippen LogP contribution in [0.25, 0.3) is 22.5 Å². The first-order chi connectivity index (χ1) is 11.7. The molecule has 2 aromatic carbocycles. The second-order valence-corrected chi connectivity index (χ2v) is 6.21. The van der Waals surface area contributed by atoms with Gasteiger partial charge in [0.15, 0.2) is 0 Å². The van der Waals surface area contributed by atoms with E-state index in [0.29, 0.717) is 10.9 Å². The molecule has 1 aromatic heterocycles. The van der Waals surface area contributed by atoms with Crippen molar-refractivity contribution in [2.45, 2.75) is 4.90 Å². The van der Waals surface area contributed by atoms with Crippen molar-refractivity contribution in [2.75, 3.05) is 13.4 Å². The molecule has 4 nitrogen and oxygen atoms in total. The maximum Gasteiger partial charge on any atom is 0.269 e. The molecule has 0 amide bonds. The fourth-order valence-electron chi connectivity index (χ4n) is 2.11. The molecule has 0 N–H and O–H groups in total. The number of methoxy groups -OCH3 is 1. The lowest BCUT2D eigenvalue weighted by molar-refractivity contribution is 0.409. The van der Waals surface area contributed by atoms with Gasteiger partial charge in [0, 0.05) is 10.5 Å². The number of thioether (sulfide) groups is 1. The van der Waals surface area contributed by atoms with Gasteiger partial charge in [0.25, 0.3) is 5.89 Å². The van der Waals surface area contributed by atoms with Crippen LogP contribution in [0.4, 0.5) is 0 Å². The third kappa shape index (κ3) is 3.80. The number of halogens is 1. The summed E-state index contributed by atoms with van der Waals surface area (Å²) in [7, 11) is 1.61. The molecular formula is C18H15ClN2O2S. The van der Waals surface area contributed by atoms with Crippen LogP contribution in [0.15, 0.2) is 57.9 Å². The van der Waals surface area contributed by atoms with E-state index in [1.807, 2.05) is 54.8 Å². The van der Waals surface area contributed by atoms with Crippen LogP contribution in [0, 0.1) is 0 Å². The summed E-state index contributed by atoms with van der Waals surface area (Å²) in [4.78, 5) is 5.54. The summed E-state index contributed by atoms with van der Waals surface area (Å²) < 4.78 is 10.5. The van der Waals surface area contributed by atoms with Crippen molar-refractivity contribution in [3.05, 3.63) is 60.0 Å². The highest BCUT2D eigenvalue weighted by Gasteiger charge is 2.12. The quantitative estimate of drug-likeness (QED) is 0.586. The second kappa shape index (κ2) is 7.55. The Balaban J connectivity index is 1.84. The minimum atomic E-state index is 0.281. The first-order valence-electron chi connectivity index (χ1n) is 7.19. The van der Waals surface area contributed by atoms with Gasteiger partial charge in [0.1, 0.15) is 10.8 Å². The first kappa shape index (κ1) is 16.6. The van der Waals surface area contributed by atoms with E-state index in [-0.39, 0.29) is 5.89 Å². The van der Waals surface area contributed by atoms with Crippen LogP contribution in [0.2, 0.25) is 0 Å². The summed E-state index contributed by atoms with van der Waals surface area (Å²) in [6.07, 6.45) is 3.84. The Morgan fingerprint density at radius 2 is 2.00 bits per heavy atom. The standard InChI is InChI=1S/C18H15ClN2O2S/c1-22-14-5-3-4-13(11-14)17-20-18(23-21-17)16(19)10-12-6-8-15(24-2)9-7-12/h3-11H,1-2H3/b16-10-. The van der Waals surface area contributed by atoms with Gasteiger partial charge in [-0.15, -0.1) is 11.8 Å². The molecule has 0 unspecified atom stereocenters. The molecule has 6 heteroatoms. The van der Waals surface area contributed by atoms with Crippen molar-refractivity contribution < 1.29 is 9.26 Å². The molecule has 0 saturated carbocycles. The first-order valence-corrected chi connectivity index (χ1v) is 8.79. The molecule has 3 rings (SSSR count). The van der Waals surface area contributed by atoms with E-state index in [1.165, 1.54) is 4.90 Å². The highest BCUT2D eigenvalue weighted by molar-refractivity contribution is 7.98. The molecule has 122 valence electrons. The maximum atomic E-state index is 6.31. The minimum absolute atomic E-state index is 0.281. The lowest BCUT2D eigenvalue weighted by Crippen LogP contribution is -1.85. The predicted molar refractivity (Wildman–Crippen MR) is 98.2 cm³/mol. The number of hydrogen-bond acceptors (Lipinski definition) is 5. The number of aromatic nitrogens is 2. The fourth-order valence-corrected chi connectivity index (χ4v) is 2.72. The number of hydrogen-bond donors (Lipinski definition) is 0. The summed E-state index contributed by atoms with van der Waals surface area (Å²) in [5.41, 5.74) is 1.78. The molecule has 24 heavy (non-hydrogen) atoms. The summed E-state index contributed by atoms with van der Waals surface area (Å²) in [6.45, 7) is 0. The second-order valence-electron chi connectivity index (χ2n) is 4.92. The number of ether oxygens (including phenoxy) is 1. The highest BCUT2D eigenvalue weighted by atomic mass is 35.5. The smallest absolute Gasteiger partial charge is 0.269 e. The van der Waals surface area contributed by atoms with Crippen LogP contribution in [0.3, 0.4) is 0 Å². The SMILES string of the molecule is COc1cccc(-c2noc(/C(Cl)=C/c3ccc(SC)cc3)n2)c1. The van der Waals surface area contributed by atoms with Gasteiger partial charge in [0.05, 0.1) is 7.11 Å². The van der Waals surface area contributed by atoms with Crippen molar-refractivity contribution in [1.29, 1.82) is 0 Å². The molecule has 3 aromatic rings. The summed E-state index contributed by atoms with van der Waals surface area (Å²) in [5.74, 6) is 1.48. The molecule has 1 heterocycles. The molecule has 0 atom stereocenters. The molecular weight excluding hydrogens is 344 g/mol. The van der Waals surface area contributed by atoms with Gasteiger partial charge < -0.3 is 9.26 Å². The Kier molecular flexibility index (Phi) is 5.23. The van der Waals surface area contributed by atoms with E-state index < -0.39 is 0 Å². The van der Waals surface area contributed by atoms with Crippen molar-refractivity contribution in [1.82, 2.24) is 10.1 Å². The monoisotopic (exact) mass is 358 g/mol. The van der Waals surface area contributed by atoms with Crippen molar-refractivity contribution in [3.63, 3.8) is 0 Å². The molecule has 0 aliphatic heterocycles. The Bertz CT molecular complexity index is 859. The third-order valence-electron chi connectivity index (χ3n) is 3.37. The molecule has 0 aliphatic carbocycles. The average Bonchev–Trinajstić information content (AvgIpc) is 3.13. The topological polar surface area (TPSA) is 48.2 Å². The van der Waals surface area contributed by atoms with E-state index in [2.05, 4.69) is 10.1 Å². The number of rotatable bonds is 5. The van der Waals surface area contributed by atoms with Crippen molar-refractivity contribution in [2.24, 2.45) is 0 Å². The lowest BCUT2D eigenvalue weighted by atomic mass is 10.2. The number of nitrogens with zero attached hydrogens (tertiary/aromatic N) is 2. The van der Waals surface area contributed by atoms with Gasteiger partial charge >= 0.3 is 0 Å². The van der Waals surface area contributed by atoms with Gasteiger partial charge in [-0.3, -0.25) is 0 Å². The van der Waals surface area contributed by atoms with E-state index in [4.69, 9.17) is 20.9 Å².